The summed E-state index contributed by atoms with van der Waals surface area (Å²) in [5.41, 5.74) is 1.60. The molecule has 2 heteroatoms. The summed E-state index contributed by atoms with van der Waals surface area (Å²) in [7, 11) is 2.19. The number of hydrogen-bond donors (Lipinski definition) is 0. The molecular formula is C10H18N2. The highest BCUT2D eigenvalue weighted by molar-refractivity contribution is 5.14. The maximum atomic E-state index is 2.55. The first-order valence-electron chi connectivity index (χ1n) is 4.95. The maximum absolute atomic E-state index is 2.55. The molecule has 12 heavy (non-hydrogen) atoms. The van der Waals surface area contributed by atoms with Crippen molar-refractivity contribution < 1.29 is 0 Å². The van der Waals surface area contributed by atoms with Crippen LogP contribution >= 0.6 is 0 Å². The Hall–Kier alpha value is -0.500. The number of hydrogen-bond acceptors (Lipinski definition) is 2. The van der Waals surface area contributed by atoms with Gasteiger partial charge in [-0.05, 0) is 19.9 Å². The van der Waals surface area contributed by atoms with Crippen molar-refractivity contribution in [1.82, 2.24) is 9.80 Å². The van der Waals surface area contributed by atoms with Crippen LogP contribution in [0.1, 0.15) is 19.8 Å². The average Bonchev–Trinajstić information content (AvgIpc) is 2.85. The lowest BCUT2D eigenvalue weighted by atomic mass is 10.2. The van der Waals surface area contributed by atoms with Crippen LogP contribution in [0.25, 0.3) is 0 Å². The highest BCUT2D eigenvalue weighted by Gasteiger charge is 2.33. The molecule has 2 rings (SSSR count). The largest absolute Gasteiger partial charge is 0.368 e. The van der Waals surface area contributed by atoms with Gasteiger partial charge in [0.15, 0.2) is 0 Å². The fraction of sp³-hybridized carbons (Fsp3) is 0.800. The summed E-state index contributed by atoms with van der Waals surface area (Å²) in [5.74, 6) is 0. The van der Waals surface area contributed by atoms with Gasteiger partial charge in [-0.15, -0.1) is 0 Å². The molecule has 0 aromatic rings. The van der Waals surface area contributed by atoms with E-state index >= 15 is 0 Å². The second-order valence-electron chi connectivity index (χ2n) is 3.92. The van der Waals surface area contributed by atoms with Crippen LogP contribution in [0.2, 0.25) is 0 Å². The van der Waals surface area contributed by atoms with Gasteiger partial charge in [-0.25, -0.2) is 0 Å². The van der Waals surface area contributed by atoms with Crippen LogP contribution < -0.4 is 0 Å². The van der Waals surface area contributed by atoms with Crippen LogP contribution in [0.5, 0.6) is 0 Å². The van der Waals surface area contributed by atoms with Crippen LogP contribution in [0, 0.1) is 0 Å². The van der Waals surface area contributed by atoms with E-state index in [-0.39, 0.29) is 0 Å². The predicted octanol–water partition coefficient (Wildman–Crippen LogP) is 1.30. The minimum atomic E-state index is 0.875. The Morgan fingerprint density at radius 1 is 1.58 bits per heavy atom. The number of rotatable bonds is 2. The zero-order valence-electron chi connectivity index (χ0n) is 8.08. The zero-order valence-corrected chi connectivity index (χ0v) is 8.08. The Labute approximate surface area is 74.8 Å². The molecule has 1 atom stereocenters. The summed E-state index contributed by atoms with van der Waals surface area (Å²) in [6, 6.07) is 0.875. The van der Waals surface area contributed by atoms with Crippen molar-refractivity contribution in [3.63, 3.8) is 0 Å². The molecule has 0 N–H and O–H groups in total. The molecule has 2 aliphatic heterocycles. The van der Waals surface area contributed by atoms with Crippen LogP contribution in [-0.2, 0) is 0 Å². The van der Waals surface area contributed by atoms with Gasteiger partial charge < -0.3 is 9.80 Å². The summed E-state index contributed by atoms with van der Waals surface area (Å²) in [6.45, 7) is 5.97. The van der Waals surface area contributed by atoms with Crippen molar-refractivity contribution in [3.05, 3.63) is 11.8 Å². The standard InChI is InChI=1S/C10H18N2/c1-3-9-8-12(9)10-4-6-11(2)7-5-10/h4,9H,3,5-8H2,1-2H3. The highest BCUT2D eigenvalue weighted by Crippen LogP contribution is 2.29. The van der Waals surface area contributed by atoms with Crippen LogP contribution in [0.15, 0.2) is 11.8 Å². The Morgan fingerprint density at radius 3 is 2.92 bits per heavy atom. The molecule has 0 aromatic carbocycles. The third kappa shape index (κ3) is 1.48. The van der Waals surface area contributed by atoms with Crippen LogP contribution in [-0.4, -0.2) is 42.5 Å². The first kappa shape index (κ1) is 8.11. The van der Waals surface area contributed by atoms with Gasteiger partial charge in [-0.2, -0.15) is 0 Å². The molecule has 68 valence electrons. The second-order valence-corrected chi connectivity index (χ2v) is 3.92. The van der Waals surface area contributed by atoms with Gasteiger partial charge in [0.25, 0.3) is 0 Å². The molecule has 0 saturated carbocycles. The summed E-state index contributed by atoms with van der Waals surface area (Å²) < 4.78 is 0. The molecule has 2 heterocycles. The SMILES string of the molecule is CCC1CN1C1=CCN(C)CC1. The molecule has 0 amide bonds. The molecule has 1 fully saturated rings. The molecule has 1 saturated heterocycles. The molecule has 0 aliphatic carbocycles. The smallest absolute Gasteiger partial charge is 0.0460 e. The minimum Gasteiger partial charge on any atom is -0.368 e. The van der Waals surface area contributed by atoms with E-state index in [1.807, 2.05) is 0 Å². The van der Waals surface area contributed by atoms with E-state index < -0.39 is 0 Å². The van der Waals surface area contributed by atoms with Gasteiger partial charge in [-0.1, -0.05) is 13.0 Å². The quantitative estimate of drug-likeness (QED) is 0.570. The fourth-order valence-electron chi connectivity index (χ4n) is 1.90. The first-order valence-corrected chi connectivity index (χ1v) is 4.95. The van der Waals surface area contributed by atoms with Crippen molar-refractivity contribution >= 4 is 0 Å². The predicted molar refractivity (Wildman–Crippen MR) is 51.0 cm³/mol. The topological polar surface area (TPSA) is 6.25 Å². The van der Waals surface area contributed by atoms with Gasteiger partial charge in [0.1, 0.15) is 0 Å². The second kappa shape index (κ2) is 3.09. The van der Waals surface area contributed by atoms with E-state index in [1.54, 1.807) is 5.70 Å². The normalized spacial score (nSPS) is 30.3. The fourth-order valence-corrected chi connectivity index (χ4v) is 1.90. The van der Waals surface area contributed by atoms with Crippen molar-refractivity contribution in [2.45, 2.75) is 25.8 Å². The Kier molecular flexibility index (Phi) is 2.09. The molecule has 1 unspecified atom stereocenters. The van der Waals surface area contributed by atoms with Gasteiger partial charge >= 0.3 is 0 Å². The maximum Gasteiger partial charge on any atom is 0.0460 e. The van der Waals surface area contributed by atoms with Crippen molar-refractivity contribution in [1.29, 1.82) is 0 Å². The lowest BCUT2D eigenvalue weighted by molar-refractivity contribution is 0.341. The van der Waals surface area contributed by atoms with Crippen molar-refractivity contribution in [2.75, 3.05) is 26.7 Å². The third-order valence-electron chi connectivity index (χ3n) is 2.94. The molecule has 2 aliphatic rings. The number of nitrogens with zero attached hydrogens (tertiary/aromatic N) is 2. The van der Waals surface area contributed by atoms with Crippen molar-refractivity contribution in [3.8, 4) is 0 Å². The lowest BCUT2D eigenvalue weighted by Gasteiger charge is -2.23. The van der Waals surface area contributed by atoms with Gasteiger partial charge in [0.05, 0.1) is 0 Å². The van der Waals surface area contributed by atoms with E-state index in [2.05, 4.69) is 29.8 Å². The van der Waals surface area contributed by atoms with Crippen molar-refractivity contribution in [2.24, 2.45) is 0 Å². The Bertz CT molecular complexity index is 198. The van der Waals surface area contributed by atoms with E-state index in [1.165, 1.54) is 25.9 Å². The monoisotopic (exact) mass is 166 g/mol. The first-order chi connectivity index (χ1) is 5.81. The van der Waals surface area contributed by atoms with Gasteiger partial charge in [0.2, 0.25) is 0 Å². The van der Waals surface area contributed by atoms with E-state index in [4.69, 9.17) is 0 Å². The highest BCUT2D eigenvalue weighted by atomic mass is 15.3. The molecule has 0 radical (unpaired) electrons. The molecule has 2 nitrogen and oxygen atoms in total. The molecular weight excluding hydrogens is 148 g/mol. The van der Waals surface area contributed by atoms with Gasteiger partial charge in [-0.3, -0.25) is 0 Å². The Morgan fingerprint density at radius 2 is 2.42 bits per heavy atom. The molecule has 0 aromatic heterocycles. The number of likely N-dealkylation sites (N-methyl/N-ethyl adjacent to an activating group) is 1. The molecule has 0 bridgehead atoms. The Balaban J connectivity index is 1.90. The van der Waals surface area contributed by atoms with E-state index in [9.17, 15) is 0 Å². The summed E-state index contributed by atoms with van der Waals surface area (Å²) in [5, 5.41) is 0. The van der Waals surface area contributed by atoms with E-state index in [0.717, 1.165) is 12.6 Å². The average molecular weight is 166 g/mol. The lowest BCUT2D eigenvalue weighted by Crippen LogP contribution is -2.26. The summed E-state index contributed by atoms with van der Waals surface area (Å²) >= 11 is 0. The minimum absolute atomic E-state index is 0.875. The molecule has 0 spiro atoms. The zero-order chi connectivity index (χ0) is 8.55. The van der Waals surface area contributed by atoms with Crippen LogP contribution in [0.4, 0.5) is 0 Å². The van der Waals surface area contributed by atoms with Gasteiger partial charge in [0, 0.05) is 31.4 Å². The van der Waals surface area contributed by atoms with E-state index in [0.29, 0.717) is 0 Å². The summed E-state index contributed by atoms with van der Waals surface area (Å²) in [4.78, 5) is 4.92. The van der Waals surface area contributed by atoms with Crippen LogP contribution in [0.3, 0.4) is 0 Å². The summed E-state index contributed by atoms with van der Waals surface area (Å²) in [6.07, 6.45) is 4.96. The third-order valence-corrected chi connectivity index (χ3v) is 2.94.